The summed E-state index contributed by atoms with van der Waals surface area (Å²) in [5.41, 5.74) is 3.69. The van der Waals surface area contributed by atoms with Crippen LogP contribution in [0.3, 0.4) is 0 Å². The summed E-state index contributed by atoms with van der Waals surface area (Å²) in [5, 5.41) is 3.29. The molecule has 212 valence electrons. The molecule has 13 heteroatoms. The van der Waals surface area contributed by atoms with Crippen molar-refractivity contribution in [3.05, 3.63) is 62.9 Å². The summed E-state index contributed by atoms with van der Waals surface area (Å²) < 4.78 is 83.4. The Morgan fingerprint density at radius 2 is 1.56 bits per heavy atom. The lowest BCUT2D eigenvalue weighted by atomic mass is 10.0. The van der Waals surface area contributed by atoms with Crippen LogP contribution in [-0.2, 0) is 30.7 Å². The van der Waals surface area contributed by atoms with E-state index in [4.69, 9.17) is 28.9 Å². The first kappa shape index (κ1) is 30.8. The fourth-order valence-corrected chi connectivity index (χ4v) is 4.47. The quantitative estimate of drug-likeness (QED) is 0.157. The van der Waals surface area contributed by atoms with Gasteiger partial charge in [-0.05, 0) is 49.1 Å². The molecule has 0 aliphatic carbocycles. The fraction of sp³-hybridized carbons (Fsp3) is 0.385. The molecule has 0 bridgehead atoms. The molecule has 1 aromatic heterocycles. The molecule has 0 saturated heterocycles. The second-order valence-electron chi connectivity index (χ2n) is 8.95. The Morgan fingerprint density at radius 3 is 2.15 bits per heavy atom. The molecule has 39 heavy (non-hydrogen) atoms. The van der Waals surface area contributed by atoms with Gasteiger partial charge in [-0.3, -0.25) is 4.79 Å². The third kappa shape index (κ3) is 7.89. The summed E-state index contributed by atoms with van der Waals surface area (Å²) in [6.07, 6.45) is -4.91. The first-order valence-electron chi connectivity index (χ1n) is 12.0. The molecule has 0 aliphatic heterocycles. The maximum absolute atomic E-state index is 13.3. The zero-order valence-corrected chi connectivity index (χ0v) is 22.4. The van der Waals surface area contributed by atoms with Crippen LogP contribution in [0.1, 0.15) is 48.2 Å². The third-order valence-corrected chi connectivity index (χ3v) is 6.80. The van der Waals surface area contributed by atoms with E-state index in [1.165, 1.54) is 12.2 Å². The van der Waals surface area contributed by atoms with Crippen molar-refractivity contribution < 1.29 is 35.7 Å². The Bertz CT molecular complexity index is 1330. The van der Waals surface area contributed by atoms with Gasteiger partial charge in [0.25, 0.3) is 5.82 Å². The Hall–Kier alpha value is -2.76. The minimum atomic E-state index is -4.95. The van der Waals surface area contributed by atoms with E-state index >= 15 is 0 Å². The number of hydrogen-bond acceptors (Lipinski definition) is 2. The predicted molar refractivity (Wildman–Crippen MR) is 139 cm³/mol. The van der Waals surface area contributed by atoms with Gasteiger partial charge in [-0.15, -0.1) is 0 Å². The Balaban J connectivity index is 1.95. The minimum Gasteiger partial charge on any atom is -0.355 e. The Kier molecular flexibility index (Phi) is 9.95. The summed E-state index contributed by atoms with van der Waals surface area (Å²) in [7, 11) is 1.71. The van der Waals surface area contributed by atoms with Crippen molar-refractivity contribution in [1.82, 2.24) is 9.88 Å². The predicted octanol–water partition coefficient (Wildman–Crippen LogP) is 6.62. The molecule has 3 rings (SSSR count). The number of carbonyl (C=O) groups is 1. The topological polar surface area (TPSA) is 63.9 Å². The lowest BCUT2D eigenvalue weighted by Gasteiger charge is -2.12. The van der Waals surface area contributed by atoms with E-state index in [0.717, 1.165) is 0 Å². The monoisotopic (exact) mass is 595 g/mol. The van der Waals surface area contributed by atoms with Crippen LogP contribution in [-0.4, -0.2) is 23.6 Å². The average Bonchev–Trinajstić information content (AvgIpc) is 3.10. The number of imidazole rings is 1. The highest BCUT2D eigenvalue weighted by atomic mass is 35.5. The highest BCUT2D eigenvalue weighted by molar-refractivity contribution is 6.42. The molecule has 0 radical (unpaired) electrons. The van der Waals surface area contributed by atoms with Gasteiger partial charge in [-0.1, -0.05) is 23.2 Å². The number of aromatic nitrogens is 2. The molecule has 3 N–H and O–H groups in total. The van der Waals surface area contributed by atoms with E-state index in [1.54, 1.807) is 23.7 Å². The molecule has 0 atom stereocenters. The van der Waals surface area contributed by atoms with Crippen LogP contribution in [0.4, 0.5) is 26.3 Å². The molecule has 1 amide bonds. The van der Waals surface area contributed by atoms with Gasteiger partial charge in [0.2, 0.25) is 5.91 Å². The maximum Gasteiger partial charge on any atom is 0.416 e. The Morgan fingerprint density at radius 1 is 0.949 bits per heavy atom. The van der Waals surface area contributed by atoms with Crippen molar-refractivity contribution >= 4 is 52.3 Å². The number of alkyl halides is 6. The number of nitrogens with zero attached hydrogens (tertiary/aromatic N) is 2. The van der Waals surface area contributed by atoms with Crippen LogP contribution >= 0.6 is 23.2 Å². The van der Waals surface area contributed by atoms with E-state index in [1.807, 2.05) is 4.57 Å². The summed E-state index contributed by atoms with van der Waals surface area (Å²) in [6, 6.07) is 4.72. The molecule has 1 heterocycles. The largest absolute Gasteiger partial charge is 0.416 e. The number of halogens is 8. The van der Waals surface area contributed by atoms with Gasteiger partial charge in [0.1, 0.15) is 0 Å². The highest BCUT2D eigenvalue weighted by Crippen LogP contribution is 2.37. The first-order valence-corrected chi connectivity index (χ1v) is 12.8. The summed E-state index contributed by atoms with van der Waals surface area (Å²) in [4.78, 5) is 11.8. The summed E-state index contributed by atoms with van der Waals surface area (Å²) >= 11 is 12.4. The van der Waals surface area contributed by atoms with Crippen LogP contribution in [0.15, 0.2) is 30.3 Å². The second-order valence-corrected chi connectivity index (χ2v) is 9.76. The Labute approximate surface area is 231 Å². The smallest absolute Gasteiger partial charge is 0.355 e. The fourth-order valence-electron chi connectivity index (χ4n) is 4.15. The van der Waals surface area contributed by atoms with E-state index in [-0.39, 0.29) is 17.5 Å². The molecular formula is C26H27Cl2F6N4O+. The lowest BCUT2D eigenvalue weighted by Crippen LogP contribution is -2.31. The van der Waals surface area contributed by atoms with Gasteiger partial charge in [-0.25, -0.2) is 9.13 Å². The highest BCUT2D eigenvalue weighted by Gasteiger charge is 2.36. The molecule has 5 nitrogen and oxygen atoms in total. The molecule has 0 spiro atoms. The second kappa shape index (κ2) is 12.6. The van der Waals surface area contributed by atoms with Crippen molar-refractivity contribution in [3.63, 3.8) is 0 Å². The van der Waals surface area contributed by atoms with Gasteiger partial charge in [-0.2, -0.15) is 26.3 Å². The van der Waals surface area contributed by atoms with Crippen molar-refractivity contribution in [2.45, 2.75) is 44.6 Å². The number of fused-ring (bicyclic) bond motifs is 1. The van der Waals surface area contributed by atoms with E-state index < -0.39 is 23.5 Å². The number of rotatable bonds is 10. The zero-order chi connectivity index (χ0) is 29.0. The number of carbonyl (C=O) groups excluding carboxylic acids is 1. The van der Waals surface area contributed by atoms with Gasteiger partial charge < -0.3 is 11.1 Å². The van der Waals surface area contributed by atoms with E-state index in [0.29, 0.717) is 84.4 Å². The molecule has 0 unspecified atom stereocenters. The number of nitrogens with one attached hydrogen (secondary N) is 1. The standard InChI is InChI=1S/C26H26Cl2F6N4O/c1-37-21-14-19(27)20(28)15-22(21)38(10-4-2-3-5-23(39)36-9-8-35)24(37)7-6-16-11-17(25(29,30)31)13-18(12-16)26(32,33)34/h6-7,11-15H,2-5,8-10,35H2,1H3/p+1/b7-6+. The van der Waals surface area contributed by atoms with Crippen LogP contribution in [0, 0.1) is 0 Å². The van der Waals surface area contributed by atoms with Crippen molar-refractivity contribution in [1.29, 1.82) is 0 Å². The zero-order valence-electron chi connectivity index (χ0n) is 20.9. The number of benzene rings is 2. The first-order chi connectivity index (χ1) is 18.2. The van der Waals surface area contributed by atoms with Gasteiger partial charge in [0.05, 0.1) is 34.8 Å². The molecule has 0 fully saturated rings. The molecular weight excluding hydrogens is 569 g/mol. The van der Waals surface area contributed by atoms with Crippen molar-refractivity contribution in [3.8, 4) is 0 Å². The van der Waals surface area contributed by atoms with Gasteiger partial charge in [0.15, 0.2) is 11.0 Å². The third-order valence-electron chi connectivity index (χ3n) is 6.08. The minimum absolute atomic E-state index is 0.0919. The SMILES string of the molecule is C[n+]1c(/C=C/c2cc(C(F)(F)F)cc(C(F)(F)F)c2)n(CCCCCC(=O)NCCN)c2cc(Cl)c(Cl)cc21. The molecule has 3 aromatic rings. The van der Waals surface area contributed by atoms with Crippen LogP contribution < -0.4 is 15.6 Å². The molecule has 0 aliphatic rings. The lowest BCUT2D eigenvalue weighted by molar-refractivity contribution is -0.647. The van der Waals surface area contributed by atoms with Crippen LogP contribution in [0.2, 0.25) is 10.0 Å². The number of nitrogens with two attached hydrogens (primary N) is 1. The molecule has 0 saturated carbocycles. The maximum atomic E-state index is 13.3. The van der Waals surface area contributed by atoms with E-state index in [2.05, 4.69) is 5.32 Å². The normalized spacial score (nSPS) is 12.6. The number of hydrogen-bond donors (Lipinski definition) is 2. The van der Waals surface area contributed by atoms with Gasteiger partial charge >= 0.3 is 12.4 Å². The van der Waals surface area contributed by atoms with E-state index in [9.17, 15) is 31.1 Å². The number of aryl methyl sites for hydroxylation is 2. The van der Waals surface area contributed by atoms with Crippen molar-refractivity contribution in [2.75, 3.05) is 13.1 Å². The number of unbranched alkanes of at least 4 members (excludes halogenated alkanes) is 2. The number of amides is 1. The molecule has 2 aromatic carbocycles. The average molecular weight is 596 g/mol. The summed E-state index contributed by atoms with van der Waals surface area (Å²) in [6.45, 7) is 1.21. The van der Waals surface area contributed by atoms with Crippen LogP contribution in [0.5, 0.6) is 0 Å². The van der Waals surface area contributed by atoms with Crippen LogP contribution in [0.25, 0.3) is 23.2 Å². The summed E-state index contributed by atoms with van der Waals surface area (Å²) in [5.74, 6) is 0.414. The van der Waals surface area contributed by atoms with Gasteiger partial charge in [0, 0.05) is 37.7 Å². The van der Waals surface area contributed by atoms with Crippen molar-refractivity contribution in [2.24, 2.45) is 12.8 Å².